The summed E-state index contributed by atoms with van der Waals surface area (Å²) in [5.74, 6) is -4.72. The molecule has 8 N–H and O–H groups in total. The molecule has 3 aromatic carbocycles. The minimum Gasteiger partial charge on any atom is -0.469 e. The Morgan fingerprint density at radius 3 is 1.45 bits per heavy atom. The number of nitrogens with zero attached hydrogens (tertiary/aromatic N) is 2. The fourth-order valence-electron chi connectivity index (χ4n) is 8.94. The van der Waals surface area contributed by atoms with Crippen molar-refractivity contribution in [3.05, 3.63) is 107 Å². The molecule has 0 aromatic heterocycles. The van der Waals surface area contributed by atoms with Crippen molar-refractivity contribution in [2.24, 2.45) is 5.41 Å². The van der Waals surface area contributed by atoms with Gasteiger partial charge in [0.05, 0.1) is 31.3 Å². The van der Waals surface area contributed by atoms with Crippen LogP contribution in [0.2, 0.25) is 0 Å². The number of rotatable bonds is 21. The maximum Gasteiger partial charge on any atom is 0.305 e. The normalized spacial score (nSPS) is 19.9. The lowest BCUT2D eigenvalue weighted by Gasteiger charge is -2.36. The van der Waals surface area contributed by atoms with Gasteiger partial charge in [0.2, 0.25) is 35.4 Å². The number of carbonyl (C=O) groups excluding carboxylic acids is 9. The first-order valence-electron chi connectivity index (χ1n) is 25.1. The summed E-state index contributed by atoms with van der Waals surface area (Å²) in [6, 6.07) is 16.6. The van der Waals surface area contributed by atoms with E-state index in [0.717, 1.165) is 11.1 Å². The van der Waals surface area contributed by atoms with Gasteiger partial charge in [-0.05, 0) is 95.8 Å². The van der Waals surface area contributed by atoms with Crippen LogP contribution in [0.4, 0.5) is 0 Å². The molecule has 2 fully saturated rings. The summed E-state index contributed by atoms with van der Waals surface area (Å²) >= 11 is 0. The standard InChI is InChI=1S/C54H74N10O10/c1-31(35-18-13-11-14-19-35)57-50(70)42-27-39(29-63(42)52(72)41(24-25-44(65)74-10)61-46(66)33(3)55-8)59-48(68)37-22-17-23-38(26-37)49(69)60-40-28-43(51(71)58-32(2)36-20-15-12-16-21-36)64(30-40)53(73)45(54(5,6)7)62-47(67)34(4)56-9/h11-23,26,31-34,39-43,45,55-56H,24-25,27-30H2,1-10H3,(H,57,70)(H,58,71)(H,59,68)(H,60,69)(H,61,66)(H,62,67)/t31-,32-,33+,34+,39+,40+,41+,42+,43+,45-/m1/s1. The fourth-order valence-corrected chi connectivity index (χ4v) is 8.94. The zero-order valence-corrected chi connectivity index (χ0v) is 44.1. The summed E-state index contributed by atoms with van der Waals surface area (Å²) in [6.07, 6.45) is -0.261. The number of methoxy groups -OCH3 is 1. The fraction of sp³-hybridized carbons (Fsp3) is 0.500. The first-order chi connectivity index (χ1) is 35.1. The van der Waals surface area contributed by atoms with E-state index in [-0.39, 0.29) is 49.9 Å². The molecule has 0 saturated carbocycles. The summed E-state index contributed by atoms with van der Waals surface area (Å²) in [5.41, 5.74) is 1.11. The zero-order chi connectivity index (χ0) is 54.4. The first-order valence-corrected chi connectivity index (χ1v) is 25.1. The Morgan fingerprint density at radius 1 is 0.595 bits per heavy atom. The molecule has 20 heteroatoms. The highest BCUT2D eigenvalue weighted by Gasteiger charge is 2.46. The molecule has 0 spiro atoms. The van der Waals surface area contributed by atoms with Gasteiger partial charge in [0.15, 0.2) is 0 Å². The Morgan fingerprint density at radius 2 is 1.03 bits per heavy atom. The largest absolute Gasteiger partial charge is 0.469 e. The van der Waals surface area contributed by atoms with E-state index < -0.39 is 119 Å². The summed E-state index contributed by atoms with van der Waals surface area (Å²) in [5, 5.41) is 23.2. The maximum absolute atomic E-state index is 14.5. The van der Waals surface area contributed by atoms with E-state index in [1.807, 2.05) is 88.4 Å². The van der Waals surface area contributed by atoms with Crippen LogP contribution >= 0.6 is 0 Å². The number of likely N-dealkylation sites (tertiary alicyclic amines) is 2. The number of hydrogen-bond acceptors (Lipinski definition) is 12. The van der Waals surface area contributed by atoms with Gasteiger partial charge in [0, 0.05) is 42.7 Å². The molecule has 2 aliphatic heterocycles. The molecule has 20 nitrogen and oxygen atoms in total. The lowest BCUT2D eigenvalue weighted by Crippen LogP contribution is -2.59. The molecule has 8 amide bonds. The van der Waals surface area contributed by atoms with Crippen LogP contribution < -0.4 is 42.5 Å². The molecule has 74 heavy (non-hydrogen) atoms. The van der Waals surface area contributed by atoms with Crippen molar-refractivity contribution >= 4 is 53.2 Å². The van der Waals surface area contributed by atoms with Gasteiger partial charge in [-0.25, -0.2) is 0 Å². The molecule has 0 radical (unpaired) electrons. The Hall–Kier alpha value is -7.19. The van der Waals surface area contributed by atoms with Crippen LogP contribution in [-0.4, -0.2) is 146 Å². The van der Waals surface area contributed by atoms with Gasteiger partial charge in [0.1, 0.15) is 24.2 Å². The van der Waals surface area contributed by atoms with Gasteiger partial charge in [-0.1, -0.05) is 87.5 Å². The number of ether oxygens (including phenoxy) is 1. The second kappa shape index (κ2) is 26.2. The van der Waals surface area contributed by atoms with Crippen LogP contribution in [-0.2, 0) is 38.3 Å². The van der Waals surface area contributed by atoms with Crippen molar-refractivity contribution in [2.75, 3.05) is 34.3 Å². The van der Waals surface area contributed by atoms with Crippen LogP contribution in [0.15, 0.2) is 84.9 Å². The molecule has 0 bridgehead atoms. The van der Waals surface area contributed by atoms with Crippen LogP contribution in [0.25, 0.3) is 0 Å². The van der Waals surface area contributed by atoms with Gasteiger partial charge in [0.25, 0.3) is 11.8 Å². The number of likely N-dealkylation sites (N-methyl/N-ethyl adjacent to an activating group) is 2. The second-order valence-electron chi connectivity index (χ2n) is 20.2. The number of hydrogen-bond donors (Lipinski definition) is 8. The van der Waals surface area contributed by atoms with Gasteiger partial charge in [-0.15, -0.1) is 0 Å². The average Bonchev–Trinajstić information content (AvgIpc) is 4.02. The van der Waals surface area contributed by atoms with Gasteiger partial charge in [-0.2, -0.15) is 0 Å². The number of esters is 1. The minimum atomic E-state index is -1.22. The molecule has 0 unspecified atom stereocenters. The molecule has 2 heterocycles. The summed E-state index contributed by atoms with van der Waals surface area (Å²) in [6.45, 7) is 12.2. The highest BCUT2D eigenvalue weighted by Crippen LogP contribution is 2.28. The Balaban J connectivity index is 1.35. The molecule has 5 rings (SSSR count). The zero-order valence-electron chi connectivity index (χ0n) is 44.1. The smallest absolute Gasteiger partial charge is 0.305 e. The van der Waals surface area contributed by atoms with E-state index in [1.165, 1.54) is 41.2 Å². The second-order valence-corrected chi connectivity index (χ2v) is 20.2. The number of nitrogens with one attached hydrogen (secondary N) is 8. The van der Waals surface area contributed by atoms with Gasteiger partial charge < -0.3 is 57.1 Å². The molecule has 10 atom stereocenters. The van der Waals surface area contributed by atoms with Crippen molar-refractivity contribution < 1.29 is 47.9 Å². The topological polar surface area (TPSA) is 266 Å². The molecule has 400 valence electrons. The number of carbonyl (C=O) groups is 9. The minimum absolute atomic E-state index is 0.000370. The van der Waals surface area contributed by atoms with Crippen molar-refractivity contribution in [3.8, 4) is 0 Å². The summed E-state index contributed by atoms with van der Waals surface area (Å²) in [7, 11) is 4.43. The van der Waals surface area contributed by atoms with E-state index in [0.29, 0.717) is 0 Å². The summed E-state index contributed by atoms with van der Waals surface area (Å²) < 4.78 is 4.80. The number of benzene rings is 3. The van der Waals surface area contributed by atoms with Crippen molar-refractivity contribution in [1.29, 1.82) is 0 Å². The monoisotopic (exact) mass is 1020 g/mol. The van der Waals surface area contributed by atoms with E-state index in [2.05, 4.69) is 42.5 Å². The molecular weight excluding hydrogens is 949 g/mol. The average molecular weight is 1020 g/mol. The lowest BCUT2D eigenvalue weighted by molar-refractivity contribution is -0.144. The van der Waals surface area contributed by atoms with Gasteiger partial charge in [-0.3, -0.25) is 43.2 Å². The van der Waals surface area contributed by atoms with Crippen molar-refractivity contribution in [1.82, 2.24) is 52.3 Å². The molecule has 2 aliphatic rings. The van der Waals surface area contributed by atoms with E-state index >= 15 is 0 Å². The molecule has 2 saturated heterocycles. The Bertz CT molecular complexity index is 2490. The van der Waals surface area contributed by atoms with Crippen molar-refractivity contribution in [2.45, 2.75) is 135 Å². The van der Waals surface area contributed by atoms with Crippen LogP contribution in [0, 0.1) is 5.41 Å². The number of amides is 8. The lowest BCUT2D eigenvalue weighted by atomic mass is 9.85. The molecular formula is C54H74N10O10. The molecule has 3 aromatic rings. The third kappa shape index (κ3) is 15.2. The predicted molar refractivity (Wildman–Crippen MR) is 277 cm³/mol. The quantitative estimate of drug-likeness (QED) is 0.0713. The SMILES string of the molecule is CN[C@@H](C)C(=O)N[C@@H](CCC(=O)OC)C(=O)N1C[C@@H](NC(=O)c2cccc(C(=O)N[C@H]3C[C@@H](C(=O)N[C@H](C)c4ccccc4)N(C(=O)[C@@H](NC(=O)[C@H](C)NC)C(C)(C)C)C3)c2)C[C@H]1C(=O)N[C@H](C)c1ccccc1. The highest BCUT2D eigenvalue weighted by molar-refractivity contribution is 6.01. The van der Waals surface area contributed by atoms with Gasteiger partial charge >= 0.3 is 5.97 Å². The third-order valence-corrected chi connectivity index (χ3v) is 13.7. The maximum atomic E-state index is 14.5. The Labute approximate surface area is 433 Å². The molecule has 0 aliphatic carbocycles. The van der Waals surface area contributed by atoms with Crippen molar-refractivity contribution in [3.63, 3.8) is 0 Å². The van der Waals surface area contributed by atoms with Crippen LogP contribution in [0.1, 0.15) is 118 Å². The summed E-state index contributed by atoms with van der Waals surface area (Å²) in [4.78, 5) is 126. The predicted octanol–water partition coefficient (Wildman–Crippen LogP) is 2.02. The van der Waals surface area contributed by atoms with Crippen LogP contribution in [0.3, 0.4) is 0 Å². The third-order valence-electron chi connectivity index (χ3n) is 13.7. The highest BCUT2D eigenvalue weighted by atomic mass is 16.5. The Kier molecular flexibility index (Phi) is 20.4. The van der Waals surface area contributed by atoms with E-state index in [4.69, 9.17) is 4.74 Å². The van der Waals surface area contributed by atoms with E-state index in [1.54, 1.807) is 34.9 Å². The van der Waals surface area contributed by atoms with E-state index in [9.17, 15) is 43.2 Å². The van der Waals surface area contributed by atoms with Crippen LogP contribution in [0.5, 0.6) is 0 Å². The first kappa shape index (κ1) is 57.7.